The molecule has 0 amide bonds. The second-order valence-electron chi connectivity index (χ2n) is 2.69. The highest BCUT2D eigenvalue weighted by molar-refractivity contribution is 7.10. The molecule has 0 saturated heterocycles. The van der Waals surface area contributed by atoms with Crippen LogP contribution in [0.2, 0.25) is 0 Å². The fourth-order valence-electron chi connectivity index (χ4n) is 0.981. The summed E-state index contributed by atoms with van der Waals surface area (Å²) in [5.74, 6) is 2.53. The SMILES string of the molecule is C#CCCNCC(O)c1cccs1. The van der Waals surface area contributed by atoms with Crippen molar-refractivity contribution in [2.75, 3.05) is 13.1 Å². The lowest BCUT2D eigenvalue weighted by molar-refractivity contribution is 0.179. The van der Waals surface area contributed by atoms with Crippen molar-refractivity contribution >= 4 is 11.3 Å². The molecular weight excluding hydrogens is 182 g/mol. The van der Waals surface area contributed by atoms with Crippen molar-refractivity contribution in [1.82, 2.24) is 5.32 Å². The van der Waals surface area contributed by atoms with Crippen molar-refractivity contribution in [3.8, 4) is 12.3 Å². The third kappa shape index (κ3) is 3.60. The Morgan fingerprint density at radius 1 is 1.69 bits per heavy atom. The number of thiophene rings is 1. The first-order chi connectivity index (χ1) is 6.34. The van der Waals surface area contributed by atoms with E-state index in [-0.39, 0.29) is 0 Å². The zero-order valence-electron chi connectivity index (χ0n) is 7.36. The summed E-state index contributed by atoms with van der Waals surface area (Å²) >= 11 is 1.56. The fourth-order valence-corrected chi connectivity index (χ4v) is 1.69. The number of rotatable bonds is 5. The lowest BCUT2D eigenvalue weighted by Gasteiger charge is -2.08. The molecule has 1 aromatic rings. The molecule has 1 aromatic heterocycles. The summed E-state index contributed by atoms with van der Waals surface area (Å²) in [6.45, 7) is 1.33. The Bertz CT molecular complexity index is 263. The minimum atomic E-state index is -0.405. The smallest absolute Gasteiger partial charge is 0.101 e. The average molecular weight is 195 g/mol. The van der Waals surface area contributed by atoms with Gasteiger partial charge in [-0.15, -0.1) is 23.7 Å². The van der Waals surface area contributed by atoms with Crippen LogP contribution in [0.15, 0.2) is 17.5 Å². The average Bonchev–Trinajstić information content (AvgIpc) is 2.65. The molecule has 1 unspecified atom stereocenters. The molecule has 0 aliphatic carbocycles. The van der Waals surface area contributed by atoms with Gasteiger partial charge < -0.3 is 10.4 Å². The van der Waals surface area contributed by atoms with Crippen molar-refractivity contribution < 1.29 is 5.11 Å². The van der Waals surface area contributed by atoms with Gasteiger partial charge in [-0.3, -0.25) is 0 Å². The van der Waals surface area contributed by atoms with Crippen LogP contribution in [0.3, 0.4) is 0 Å². The summed E-state index contributed by atoms with van der Waals surface area (Å²) in [7, 11) is 0. The maximum atomic E-state index is 9.60. The summed E-state index contributed by atoms with van der Waals surface area (Å²) in [4.78, 5) is 0.994. The van der Waals surface area contributed by atoms with Crippen LogP contribution < -0.4 is 5.32 Å². The van der Waals surface area contributed by atoms with Crippen LogP contribution >= 0.6 is 11.3 Å². The zero-order chi connectivity index (χ0) is 9.52. The van der Waals surface area contributed by atoms with Gasteiger partial charge in [-0.25, -0.2) is 0 Å². The highest BCUT2D eigenvalue weighted by Crippen LogP contribution is 2.17. The predicted molar refractivity (Wildman–Crippen MR) is 55.6 cm³/mol. The number of aliphatic hydroxyl groups excluding tert-OH is 1. The highest BCUT2D eigenvalue weighted by atomic mass is 32.1. The molecular formula is C10H13NOS. The van der Waals surface area contributed by atoms with Gasteiger partial charge in [0.1, 0.15) is 6.10 Å². The van der Waals surface area contributed by atoms with E-state index in [0.29, 0.717) is 13.0 Å². The molecule has 0 aliphatic rings. The first kappa shape index (κ1) is 10.3. The summed E-state index contributed by atoms with van der Waals surface area (Å²) in [6, 6.07) is 3.86. The Balaban J connectivity index is 2.19. The van der Waals surface area contributed by atoms with Gasteiger partial charge in [0.05, 0.1) is 0 Å². The molecule has 0 radical (unpaired) electrons. The Morgan fingerprint density at radius 3 is 3.15 bits per heavy atom. The molecule has 2 nitrogen and oxygen atoms in total. The third-order valence-corrected chi connectivity index (χ3v) is 2.63. The highest BCUT2D eigenvalue weighted by Gasteiger charge is 2.06. The van der Waals surface area contributed by atoms with Crippen LogP contribution in [0.5, 0.6) is 0 Å². The number of hydrogen-bond acceptors (Lipinski definition) is 3. The van der Waals surface area contributed by atoms with E-state index in [9.17, 15) is 5.11 Å². The van der Waals surface area contributed by atoms with E-state index >= 15 is 0 Å². The van der Waals surface area contributed by atoms with Gasteiger partial charge in [-0.1, -0.05) is 6.07 Å². The van der Waals surface area contributed by atoms with Gasteiger partial charge in [0.2, 0.25) is 0 Å². The van der Waals surface area contributed by atoms with E-state index in [0.717, 1.165) is 11.4 Å². The molecule has 1 atom stereocenters. The van der Waals surface area contributed by atoms with Gasteiger partial charge in [-0.2, -0.15) is 0 Å². The van der Waals surface area contributed by atoms with Crippen LogP contribution in [0, 0.1) is 12.3 Å². The first-order valence-corrected chi connectivity index (χ1v) is 5.08. The van der Waals surface area contributed by atoms with Gasteiger partial charge in [0.15, 0.2) is 0 Å². The van der Waals surface area contributed by atoms with Crippen molar-refractivity contribution in [2.24, 2.45) is 0 Å². The van der Waals surface area contributed by atoms with Crippen molar-refractivity contribution in [2.45, 2.75) is 12.5 Å². The second-order valence-corrected chi connectivity index (χ2v) is 3.67. The Kier molecular flexibility index (Phi) is 4.55. The summed E-state index contributed by atoms with van der Waals surface area (Å²) in [5, 5.41) is 14.7. The van der Waals surface area contributed by atoms with E-state index in [1.807, 2.05) is 17.5 Å². The minimum Gasteiger partial charge on any atom is -0.386 e. The van der Waals surface area contributed by atoms with Crippen LogP contribution in [0.4, 0.5) is 0 Å². The van der Waals surface area contributed by atoms with Crippen molar-refractivity contribution in [1.29, 1.82) is 0 Å². The molecule has 0 aromatic carbocycles. The summed E-state index contributed by atoms with van der Waals surface area (Å²) in [5.41, 5.74) is 0. The Hall–Kier alpha value is -0.820. The van der Waals surface area contributed by atoms with E-state index in [1.54, 1.807) is 11.3 Å². The predicted octanol–water partition coefficient (Wildman–Crippen LogP) is 1.39. The number of aliphatic hydroxyl groups is 1. The van der Waals surface area contributed by atoms with Crippen molar-refractivity contribution in [3.63, 3.8) is 0 Å². The van der Waals surface area contributed by atoms with Gasteiger partial charge in [-0.05, 0) is 11.4 Å². The molecule has 0 fully saturated rings. The molecule has 3 heteroatoms. The summed E-state index contributed by atoms with van der Waals surface area (Å²) in [6.07, 6.45) is 5.39. The van der Waals surface area contributed by atoms with Crippen LogP contribution in [-0.2, 0) is 0 Å². The minimum absolute atomic E-state index is 0.405. The normalized spacial score (nSPS) is 12.3. The van der Waals surface area contributed by atoms with E-state index in [2.05, 4.69) is 11.2 Å². The quantitative estimate of drug-likeness (QED) is 0.550. The topological polar surface area (TPSA) is 32.3 Å². The van der Waals surface area contributed by atoms with E-state index in [1.165, 1.54) is 0 Å². The standard InChI is InChI=1S/C10H13NOS/c1-2-3-6-11-8-9(12)10-5-4-7-13-10/h1,4-5,7,9,11-12H,3,6,8H2. The molecule has 70 valence electrons. The fraction of sp³-hybridized carbons (Fsp3) is 0.400. The molecule has 2 N–H and O–H groups in total. The third-order valence-electron chi connectivity index (χ3n) is 1.66. The molecule has 1 heterocycles. The number of nitrogens with one attached hydrogen (secondary N) is 1. The molecule has 0 saturated carbocycles. The van der Waals surface area contributed by atoms with Gasteiger partial charge >= 0.3 is 0 Å². The number of hydrogen-bond donors (Lipinski definition) is 2. The first-order valence-electron chi connectivity index (χ1n) is 4.20. The largest absolute Gasteiger partial charge is 0.386 e. The molecule has 0 aliphatic heterocycles. The molecule has 0 spiro atoms. The van der Waals surface area contributed by atoms with Gasteiger partial charge in [0.25, 0.3) is 0 Å². The van der Waals surface area contributed by atoms with Crippen molar-refractivity contribution in [3.05, 3.63) is 22.4 Å². The second kappa shape index (κ2) is 5.76. The van der Waals surface area contributed by atoms with Gasteiger partial charge in [0, 0.05) is 24.4 Å². The Labute approximate surface area is 82.6 Å². The maximum absolute atomic E-state index is 9.60. The van der Waals surface area contributed by atoms with E-state index < -0.39 is 6.10 Å². The molecule has 1 rings (SSSR count). The van der Waals surface area contributed by atoms with Crippen LogP contribution in [-0.4, -0.2) is 18.2 Å². The van der Waals surface area contributed by atoms with Crippen LogP contribution in [0.25, 0.3) is 0 Å². The monoisotopic (exact) mass is 195 g/mol. The number of terminal acetylenes is 1. The summed E-state index contributed by atoms with van der Waals surface area (Å²) < 4.78 is 0. The van der Waals surface area contributed by atoms with E-state index in [4.69, 9.17) is 6.42 Å². The molecule has 13 heavy (non-hydrogen) atoms. The lowest BCUT2D eigenvalue weighted by atomic mass is 10.3. The lowest BCUT2D eigenvalue weighted by Crippen LogP contribution is -2.21. The zero-order valence-corrected chi connectivity index (χ0v) is 8.18. The van der Waals surface area contributed by atoms with Crippen LogP contribution in [0.1, 0.15) is 17.4 Å². The maximum Gasteiger partial charge on any atom is 0.101 e. The molecule has 0 bridgehead atoms. The Morgan fingerprint density at radius 2 is 2.54 bits per heavy atom.